The fraction of sp³-hybridized carbons (Fsp3) is 0.955. The maximum atomic E-state index is 12.3. The van der Waals surface area contributed by atoms with Crippen LogP contribution in [0, 0.1) is 11.8 Å². The average Bonchev–Trinajstić information content (AvgIpc) is 3.11. The van der Waals surface area contributed by atoms with Crippen LogP contribution in [-0.2, 0) is 19.1 Å². The molecule has 2 unspecified atom stereocenters. The molecule has 0 aromatic rings. The van der Waals surface area contributed by atoms with Crippen LogP contribution >= 0.6 is 0 Å². The number of carbonyl (C=O) groups excluding carboxylic acids is 2. The largest absolute Gasteiger partial charge is 0.465 e. The van der Waals surface area contributed by atoms with Gasteiger partial charge in [-0.05, 0) is 70.3 Å². The van der Waals surface area contributed by atoms with Gasteiger partial charge >= 0.3 is 11.9 Å². The van der Waals surface area contributed by atoms with Crippen LogP contribution in [0.15, 0.2) is 0 Å². The zero-order valence-electron chi connectivity index (χ0n) is 33.9. The molecule has 0 aliphatic carbocycles. The van der Waals surface area contributed by atoms with Gasteiger partial charge in [-0.25, -0.2) is 0 Å². The van der Waals surface area contributed by atoms with Crippen LogP contribution in [0.25, 0.3) is 0 Å². The van der Waals surface area contributed by atoms with Gasteiger partial charge in [0.05, 0.1) is 13.2 Å². The Kier molecular flexibility index (Phi) is 37.3. The number of hydrogen-bond acceptors (Lipinski definition) is 5. The Labute approximate surface area is 307 Å². The highest BCUT2D eigenvalue weighted by molar-refractivity contribution is 5.69. The average molecular weight is 694 g/mol. The molecule has 0 fully saturated rings. The SMILES string of the molecule is CCCCCCC(CCCC)COC(=O)CCCCCCCCC(CCCCCCCCC(=O)OCC(CCCC)CCCCCC)NC. The molecule has 0 saturated carbocycles. The Morgan fingerprint density at radius 1 is 0.408 bits per heavy atom. The van der Waals surface area contributed by atoms with Crippen molar-refractivity contribution in [1.82, 2.24) is 5.32 Å². The standard InChI is InChI=1S/C44H87NO4/c1-6-10-14-24-32-40(30-12-8-3)38-48-43(46)36-28-22-18-16-20-26-34-42(45-5)35-27-21-17-19-23-29-37-44(47)49-39-41(31-13-9-4)33-25-15-11-7-2/h40-42,45H,6-39H2,1-5H3. The first-order valence-corrected chi connectivity index (χ1v) is 22.0. The summed E-state index contributed by atoms with van der Waals surface area (Å²) in [4.78, 5) is 24.6. The van der Waals surface area contributed by atoms with Crippen molar-refractivity contribution in [3.05, 3.63) is 0 Å². The summed E-state index contributed by atoms with van der Waals surface area (Å²) >= 11 is 0. The molecule has 2 atom stereocenters. The van der Waals surface area contributed by atoms with Gasteiger partial charge in [0.25, 0.3) is 0 Å². The molecule has 0 bridgehead atoms. The van der Waals surface area contributed by atoms with E-state index in [0.717, 1.165) is 25.7 Å². The molecule has 1 N–H and O–H groups in total. The van der Waals surface area contributed by atoms with Gasteiger partial charge in [-0.2, -0.15) is 0 Å². The second-order valence-electron chi connectivity index (χ2n) is 15.4. The highest BCUT2D eigenvalue weighted by atomic mass is 16.5. The predicted octanol–water partition coefficient (Wildman–Crippen LogP) is 13.5. The molecule has 0 radical (unpaired) electrons. The minimum absolute atomic E-state index is 0.0153. The molecule has 0 aliphatic heterocycles. The highest BCUT2D eigenvalue weighted by Gasteiger charge is 2.13. The lowest BCUT2D eigenvalue weighted by atomic mass is 9.96. The van der Waals surface area contributed by atoms with Crippen LogP contribution in [0.3, 0.4) is 0 Å². The van der Waals surface area contributed by atoms with Crippen LogP contribution in [0.1, 0.15) is 233 Å². The van der Waals surface area contributed by atoms with Crippen LogP contribution in [-0.4, -0.2) is 38.2 Å². The molecular weight excluding hydrogens is 606 g/mol. The zero-order valence-corrected chi connectivity index (χ0v) is 33.9. The minimum Gasteiger partial charge on any atom is -0.465 e. The minimum atomic E-state index is 0.0153. The van der Waals surface area contributed by atoms with Gasteiger partial charge in [-0.1, -0.05) is 169 Å². The first-order valence-electron chi connectivity index (χ1n) is 22.0. The van der Waals surface area contributed by atoms with Crippen LogP contribution in [0.2, 0.25) is 0 Å². The number of unbranched alkanes of at least 4 members (excludes halogenated alkanes) is 18. The Hall–Kier alpha value is -1.10. The van der Waals surface area contributed by atoms with Gasteiger partial charge in [-0.15, -0.1) is 0 Å². The molecule has 0 spiro atoms. The van der Waals surface area contributed by atoms with E-state index < -0.39 is 0 Å². The topological polar surface area (TPSA) is 64.6 Å². The quantitative estimate of drug-likeness (QED) is 0.0513. The first kappa shape index (κ1) is 47.9. The van der Waals surface area contributed by atoms with Crippen molar-refractivity contribution in [1.29, 1.82) is 0 Å². The second kappa shape index (κ2) is 38.1. The lowest BCUT2D eigenvalue weighted by Gasteiger charge is -2.17. The summed E-state index contributed by atoms with van der Waals surface area (Å²) in [5.74, 6) is 1.14. The van der Waals surface area contributed by atoms with Crippen molar-refractivity contribution < 1.29 is 19.1 Å². The normalized spacial score (nSPS) is 13.3. The maximum Gasteiger partial charge on any atom is 0.305 e. The Balaban J connectivity index is 3.77. The monoisotopic (exact) mass is 694 g/mol. The number of esters is 2. The van der Waals surface area contributed by atoms with Crippen molar-refractivity contribution in [3.63, 3.8) is 0 Å². The van der Waals surface area contributed by atoms with E-state index in [9.17, 15) is 9.59 Å². The zero-order chi connectivity index (χ0) is 36.0. The molecule has 49 heavy (non-hydrogen) atoms. The van der Waals surface area contributed by atoms with E-state index in [1.165, 1.54) is 167 Å². The van der Waals surface area contributed by atoms with Crippen LogP contribution < -0.4 is 5.32 Å². The van der Waals surface area contributed by atoms with Crippen LogP contribution in [0.4, 0.5) is 0 Å². The molecule has 5 heteroatoms. The lowest BCUT2D eigenvalue weighted by molar-refractivity contribution is -0.146. The summed E-state index contributed by atoms with van der Waals surface area (Å²) in [5.41, 5.74) is 0. The smallest absolute Gasteiger partial charge is 0.305 e. The van der Waals surface area contributed by atoms with Crippen molar-refractivity contribution in [2.45, 2.75) is 239 Å². The molecule has 0 aliphatic rings. The molecule has 0 saturated heterocycles. The number of ether oxygens (including phenoxy) is 2. The van der Waals surface area contributed by atoms with E-state index in [4.69, 9.17) is 9.47 Å². The Morgan fingerprint density at radius 3 is 1.08 bits per heavy atom. The van der Waals surface area contributed by atoms with Gasteiger partial charge in [0.2, 0.25) is 0 Å². The lowest BCUT2D eigenvalue weighted by Crippen LogP contribution is -2.24. The number of nitrogens with one attached hydrogen (secondary N) is 1. The van der Waals surface area contributed by atoms with E-state index in [-0.39, 0.29) is 11.9 Å². The predicted molar refractivity (Wildman–Crippen MR) is 212 cm³/mol. The van der Waals surface area contributed by atoms with Crippen molar-refractivity contribution in [2.75, 3.05) is 20.3 Å². The molecule has 0 aromatic carbocycles. The number of rotatable bonds is 39. The Bertz CT molecular complexity index is 642. The Morgan fingerprint density at radius 2 is 0.714 bits per heavy atom. The first-order chi connectivity index (χ1) is 24.0. The summed E-state index contributed by atoms with van der Waals surface area (Å²) < 4.78 is 11.4. The molecule has 0 aromatic heterocycles. The molecule has 292 valence electrons. The fourth-order valence-corrected chi connectivity index (χ4v) is 7.06. The van der Waals surface area contributed by atoms with Gasteiger partial charge in [0.15, 0.2) is 0 Å². The van der Waals surface area contributed by atoms with Gasteiger partial charge in [-0.3, -0.25) is 9.59 Å². The molecule has 0 amide bonds. The van der Waals surface area contributed by atoms with Crippen LogP contribution in [0.5, 0.6) is 0 Å². The summed E-state index contributed by atoms with van der Waals surface area (Å²) in [6, 6.07) is 0.630. The molecule has 0 rings (SSSR count). The van der Waals surface area contributed by atoms with E-state index >= 15 is 0 Å². The van der Waals surface area contributed by atoms with Gasteiger partial charge in [0.1, 0.15) is 0 Å². The van der Waals surface area contributed by atoms with E-state index in [1.54, 1.807) is 0 Å². The third-order valence-corrected chi connectivity index (χ3v) is 10.6. The van der Waals surface area contributed by atoms with E-state index in [1.807, 2.05) is 0 Å². The third kappa shape index (κ3) is 33.8. The van der Waals surface area contributed by atoms with Crippen molar-refractivity contribution >= 4 is 11.9 Å². The van der Waals surface area contributed by atoms with E-state index in [2.05, 4.69) is 40.1 Å². The van der Waals surface area contributed by atoms with Crippen molar-refractivity contribution in [2.24, 2.45) is 11.8 Å². The van der Waals surface area contributed by atoms with Crippen molar-refractivity contribution in [3.8, 4) is 0 Å². The van der Waals surface area contributed by atoms with E-state index in [0.29, 0.717) is 43.9 Å². The molecule has 0 heterocycles. The summed E-state index contributed by atoms with van der Waals surface area (Å²) in [5, 5.41) is 3.54. The molecular formula is C44H87NO4. The fourth-order valence-electron chi connectivity index (χ4n) is 7.06. The van der Waals surface area contributed by atoms with Gasteiger partial charge < -0.3 is 14.8 Å². The molecule has 5 nitrogen and oxygen atoms in total. The summed E-state index contributed by atoms with van der Waals surface area (Å²) in [6.07, 6.45) is 38.2. The third-order valence-electron chi connectivity index (χ3n) is 10.6. The summed E-state index contributed by atoms with van der Waals surface area (Å²) in [6.45, 7) is 10.3. The summed E-state index contributed by atoms with van der Waals surface area (Å²) in [7, 11) is 2.11. The number of hydrogen-bond donors (Lipinski definition) is 1. The number of carbonyl (C=O) groups is 2. The highest BCUT2D eigenvalue weighted by Crippen LogP contribution is 2.20. The second-order valence-corrected chi connectivity index (χ2v) is 15.4. The van der Waals surface area contributed by atoms with Gasteiger partial charge in [0, 0.05) is 18.9 Å². The maximum absolute atomic E-state index is 12.3.